The van der Waals surface area contributed by atoms with Crippen LogP contribution in [0.1, 0.15) is 5.56 Å². The van der Waals surface area contributed by atoms with Crippen molar-refractivity contribution in [2.75, 3.05) is 20.0 Å². The monoisotopic (exact) mass is 317 g/mol. The first kappa shape index (κ1) is 16.2. The normalized spacial score (nSPS) is 10.1. The molecule has 2 rings (SSSR count). The lowest BCUT2D eigenvalue weighted by atomic mass is 10.2. The number of amides is 1. The maximum Gasteiger partial charge on any atom is 0.258 e. The number of hydrogen-bond acceptors (Lipinski definition) is 4. The molecule has 0 spiro atoms. The van der Waals surface area contributed by atoms with Crippen LogP contribution in [0, 0.1) is 0 Å². The first-order valence-electron chi connectivity index (χ1n) is 6.88. The summed E-state index contributed by atoms with van der Waals surface area (Å²) in [5, 5.41) is 2.82. The van der Waals surface area contributed by atoms with E-state index in [1.54, 1.807) is 18.9 Å². The Hall–Kier alpha value is -2.14. The largest absolute Gasteiger partial charge is 0.497 e. The minimum Gasteiger partial charge on any atom is -0.497 e. The van der Waals surface area contributed by atoms with Crippen molar-refractivity contribution in [3.8, 4) is 11.5 Å². The molecule has 5 heteroatoms. The number of rotatable bonds is 7. The van der Waals surface area contributed by atoms with Crippen LogP contribution in [0.4, 0.5) is 0 Å². The second kappa shape index (κ2) is 8.34. The molecule has 0 aliphatic carbocycles. The van der Waals surface area contributed by atoms with Crippen LogP contribution in [0.15, 0.2) is 53.4 Å². The van der Waals surface area contributed by atoms with E-state index in [4.69, 9.17) is 9.47 Å². The number of carbonyl (C=O) groups excluding carboxylic acids is 1. The highest BCUT2D eigenvalue weighted by molar-refractivity contribution is 7.98. The minimum absolute atomic E-state index is 0.00256. The molecule has 0 unspecified atom stereocenters. The van der Waals surface area contributed by atoms with E-state index in [9.17, 15) is 4.79 Å². The molecular weight excluding hydrogens is 298 g/mol. The Morgan fingerprint density at radius 3 is 2.59 bits per heavy atom. The van der Waals surface area contributed by atoms with Crippen molar-refractivity contribution < 1.29 is 14.3 Å². The number of hydrogen-bond donors (Lipinski definition) is 1. The molecule has 2 aromatic carbocycles. The molecule has 22 heavy (non-hydrogen) atoms. The van der Waals surface area contributed by atoms with Crippen LogP contribution in [0.5, 0.6) is 11.5 Å². The van der Waals surface area contributed by atoms with E-state index in [-0.39, 0.29) is 12.5 Å². The lowest BCUT2D eigenvalue weighted by Gasteiger charge is -2.09. The zero-order valence-electron chi connectivity index (χ0n) is 12.7. The van der Waals surface area contributed by atoms with Gasteiger partial charge in [0, 0.05) is 11.4 Å². The molecule has 0 aliphatic rings. The second-order valence-electron chi connectivity index (χ2n) is 4.59. The Kier molecular flexibility index (Phi) is 6.15. The van der Waals surface area contributed by atoms with Crippen molar-refractivity contribution in [3.63, 3.8) is 0 Å². The molecule has 0 saturated heterocycles. The van der Waals surface area contributed by atoms with E-state index in [1.807, 2.05) is 54.8 Å². The fourth-order valence-electron chi connectivity index (χ4n) is 1.85. The molecule has 0 aromatic heterocycles. The van der Waals surface area contributed by atoms with Gasteiger partial charge < -0.3 is 14.8 Å². The van der Waals surface area contributed by atoms with E-state index < -0.39 is 0 Å². The number of carbonyl (C=O) groups is 1. The summed E-state index contributed by atoms with van der Waals surface area (Å²) >= 11 is 1.67. The molecule has 0 atom stereocenters. The van der Waals surface area contributed by atoms with E-state index in [1.165, 1.54) is 0 Å². The van der Waals surface area contributed by atoms with Gasteiger partial charge in [-0.2, -0.15) is 0 Å². The van der Waals surface area contributed by atoms with E-state index >= 15 is 0 Å². The van der Waals surface area contributed by atoms with Crippen LogP contribution in [-0.2, 0) is 11.3 Å². The predicted molar refractivity (Wildman–Crippen MR) is 88.6 cm³/mol. The summed E-state index contributed by atoms with van der Waals surface area (Å²) in [4.78, 5) is 13.0. The molecule has 0 bridgehead atoms. The SMILES string of the molecule is COc1cccc(CNC(=O)COc2ccc(SC)cc2)c1. The van der Waals surface area contributed by atoms with Crippen molar-refractivity contribution in [3.05, 3.63) is 54.1 Å². The summed E-state index contributed by atoms with van der Waals surface area (Å²) in [5.74, 6) is 1.31. The number of benzene rings is 2. The van der Waals surface area contributed by atoms with Gasteiger partial charge in [0.1, 0.15) is 11.5 Å². The second-order valence-corrected chi connectivity index (χ2v) is 5.47. The summed E-state index contributed by atoms with van der Waals surface area (Å²) in [5.41, 5.74) is 0.983. The molecule has 1 N–H and O–H groups in total. The standard InChI is InChI=1S/C17H19NO3S/c1-20-15-5-3-4-13(10-15)11-18-17(19)12-21-14-6-8-16(22-2)9-7-14/h3-10H,11-12H2,1-2H3,(H,18,19). The first-order valence-corrected chi connectivity index (χ1v) is 8.10. The van der Waals surface area contributed by atoms with Crippen molar-refractivity contribution in [1.29, 1.82) is 0 Å². The van der Waals surface area contributed by atoms with Crippen LogP contribution < -0.4 is 14.8 Å². The molecule has 0 aliphatic heterocycles. The molecule has 0 saturated carbocycles. The van der Waals surface area contributed by atoms with Crippen LogP contribution in [0.2, 0.25) is 0 Å². The van der Waals surface area contributed by atoms with Gasteiger partial charge in [-0.15, -0.1) is 11.8 Å². The highest BCUT2D eigenvalue weighted by Crippen LogP contribution is 2.18. The minimum atomic E-state index is -0.156. The van der Waals surface area contributed by atoms with Gasteiger partial charge in [-0.05, 0) is 48.2 Å². The van der Waals surface area contributed by atoms with Gasteiger partial charge in [0.15, 0.2) is 6.61 Å². The predicted octanol–water partition coefficient (Wildman–Crippen LogP) is 3.11. The third-order valence-corrected chi connectivity index (χ3v) is 3.80. The Labute approximate surface area is 134 Å². The van der Waals surface area contributed by atoms with Gasteiger partial charge >= 0.3 is 0 Å². The maximum absolute atomic E-state index is 11.8. The summed E-state index contributed by atoms with van der Waals surface area (Å²) in [6.07, 6.45) is 2.02. The summed E-state index contributed by atoms with van der Waals surface area (Å²) in [6, 6.07) is 15.2. The Morgan fingerprint density at radius 2 is 1.91 bits per heavy atom. The van der Waals surface area contributed by atoms with Crippen LogP contribution in [0.25, 0.3) is 0 Å². The number of thioether (sulfide) groups is 1. The third-order valence-electron chi connectivity index (χ3n) is 3.05. The van der Waals surface area contributed by atoms with Crippen molar-refractivity contribution in [2.45, 2.75) is 11.4 Å². The lowest BCUT2D eigenvalue weighted by molar-refractivity contribution is -0.123. The van der Waals surface area contributed by atoms with Gasteiger partial charge in [0.05, 0.1) is 7.11 Å². The Morgan fingerprint density at radius 1 is 1.14 bits per heavy atom. The molecule has 0 heterocycles. The molecule has 0 fully saturated rings. The fourth-order valence-corrected chi connectivity index (χ4v) is 2.26. The van der Waals surface area contributed by atoms with Crippen LogP contribution in [0.3, 0.4) is 0 Å². The first-order chi connectivity index (χ1) is 10.7. The molecule has 1 amide bonds. The van der Waals surface area contributed by atoms with Gasteiger partial charge in [-0.25, -0.2) is 0 Å². The van der Waals surface area contributed by atoms with Gasteiger partial charge in [-0.3, -0.25) is 4.79 Å². The zero-order chi connectivity index (χ0) is 15.8. The Balaban J connectivity index is 1.77. The van der Waals surface area contributed by atoms with E-state index in [2.05, 4.69) is 5.32 Å². The van der Waals surface area contributed by atoms with Crippen molar-refractivity contribution >= 4 is 17.7 Å². The highest BCUT2D eigenvalue weighted by Gasteiger charge is 2.03. The lowest BCUT2D eigenvalue weighted by Crippen LogP contribution is -2.28. The zero-order valence-corrected chi connectivity index (χ0v) is 13.5. The van der Waals surface area contributed by atoms with E-state index in [0.29, 0.717) is 12.3 Å². The maximum atomic E-state index is 11.8. The molecule has 2 aromatic rings. The smallest absolute Gasteiger partial charge is 0.258 e. The Bertz CT molecular complexity index is 614. The average molecular weight is 317 g/mol. The van der Waals surface area contributed by atoms with Crippen LogP contribution in [-0.4, -0.2) is 25.9 Å². The molecular formula is C17H19NO3S. The van der Waals surface area contributed by atoms with Crippen molar-refractivity contribution in [2.24, 2.45) is 0 Å². The third kappa shape index (κ3) is 5.00. The van der Waals surface area contributed by atoms with E-state index in [0.717, 1.165) is 16.2 Å². The summed E-state index contributed by atoms with van der Waals surface area (Å²) in [7, 11) is 1.62. The van der Waals surface area contributed by atoms with Gasteiger partial charge in [-0.1, -0.05) is 12.1 Å². The molecule has 4 nitrogen and oxygen atoms in total. The summed E-state index contributed by atoms with van der Waals surface area (Å²) in [6.45, 7) is 0.452. The highest BCUT2D eigenvalue weighted by atomic mass is 32.2. The number of methoxy groups -OCH3 is 1. The average Bonchev–Trinajstić information content (AvgIpc) is 2.58. The number of nitrogens with one attached hydrogen (secondary N) is 1. The van der Waals surface area contributed by atoms with Crippen molar-refractivity contribution in [1.82, 2.24) is 5.32 Å². The molecule has 0 radical (unpaired) electrons. The topological polar surface area (TPSA) is 47.6 Å². The fraction of sp³-hybridized carbons (Fsp3) is 0.235. The van der Waals surface area contributed by atoms with Gasteiger partial charge in [0.25, 0.3) is 5.91 Å². The van der Waals surface area contributed by atoms with Gasteiger partial charge in [0.2, 0.25) is 0 Å². The quantitative estimate of drug-likeness (QED) is 0.797. The number of ether oxygens (including phenoxy) is 2. The summed E-state index contributed by atoms with van der Waals surface area (Å²) < 4.78 is 10.6. The van der Waals surface area contributed by atoms with Crippen LogP contribution >= 0.6 is 11.8 Å². The molecule has 116 valence electrons.